The number of nitrogen functional groups attached to an aromatic ring is 1. The summed E-state index contributed by atoms with van der Waals surface area (Å²) in [5.41, 5.74) is 9.11. The third-order valence-electron chi connectivity index (χ3n) is 3.88. The molecule has 0 amide bonds. The lowest BCUT2D eigenvalue weighted by Crippen LogP contribution is -2.36. The van der Waals surface area contributed by atoms with Crippen LogP contribution in [0, 0.1) is 0 Å². The van der Waals surface area contributed by atoms with E-state index >= 15 is 0 Å². The Morgan fingerprint density at radius 2 is 2.00 bits per heavy atom. The Hall–Kier alpha value is -1.07. The molecule has 4 nitrogen and oxygen atoms in total. The summed E-state index contributed by atoms with van der Waals surface area (Å²) >= 11 is 0. The van der Waals surface area contributed by atoms with Gasteiger partial charge in [0.15, 0.2) is 0 Å². The van der Waals surface area contributed by atoms with E-state index in [0.717, 1.165) is 54.6 Å². The normalized spacial score (nSPS) is 25.4. The van der Waals surface area contributed by atoms with Crippen LogP contribution < -0.4 is 10.6 Å². The van der Waals surface area contributed by atoms with Crippen LogP contribution >= 0.6 is 0 Å². The maximum atomic E-state index is 12.5. The topological polar surface area (TPSA) is 55.6 Å². The third-order valence-corrected chi connectivity index (χ3v) is 5.81. The number of benzene rings is 1. The van der Waals surface area contributed by atoms with Gasteiger partial charge in [-0.1, -0.05) is 0 Å². The van der Waals surface area contributed by atoms with Gasteiger partial charge in [0.05, 0.1) is 35.4 Å². The fourth-order valence-electron chi connectivity index (χ4n) is 2.84. The number of rotatable bonds is 1. The average Bonchev–Trinajstić information content (AvgIpc) is 2.60. The van der Waals surface area contributed by atoms with Crippen molar-refractivity contribution < 1.29 is 8.95 Å². The first-order valence-corrected chi connectivity index (χ1v) is 7.81. The van der Waals surface area contributed by atoms with Crippen LogP contribution in [0.5, 0.6) is 0 Å². The van der Waals surface area contributed by atoms with Crippen LogP contribution in [0.25, 0.3) is 0 Å². The molecule has 1 fully saturated rings. The van der Waals surface area contributed by atoms with E-state index in [4.69, 9.17) is 10.5 Å². The van der Waals surface area contributed by atoms with Gasteiger partial charge in [0.25, 0.3) is 0 Å². The predicted octanol–water partition coefficient (Wildman–Crippen LogP) is 1.55. The number of nitrogens with zero attached hydrogens (tertiary/aromatic N) is 1. The number of morpholine rings is 1. The lowest BCUT2D eigenvalue weighted by atomic mass is 10.0. The SMILES string of the molecule is CC1(C)Cc2cc(N)c(N3CCOCC3)cc2S1=O. The number of anilines is 2. The number of hydrogen-bond donors (Lipinski definition) is 1. The van der Waals surface area contributed by atoms with Crippen LogP contribution in [0.2, 0.25) is 0 Å². The molecule has 2 N–H and O–H groups in total. The highest BCUT2D eigenvalue weighted by atomic mass is 32.2. The molecule has 1 saturated heterocycles. The zero-order chi connectivity index (χ0) is 13.6. The smallest absolute Gasteiger partial charge is 0.0642 e. The van der Waals surface area contributed by atoms with Gasteiger partial charge in [-0.3, -0.25) is 4.21 Å². The van der Waals surface area contributed by atoms with Crippen molar-refractivity contribution in [2.24, 2.45) is 0 Å². The zero-order valence-electron chi connectivity index (χ0n) is 11.4. The molecule has 0 aromatic heterocycles. The van der Waals surface area contributed by atoms with Gasteiger partial charge in [0.2, 0.25) is 0 Å². The number of ether oxygens (including phenoxy) is 1. The van der Waals surface area contributed by atoms with Gasteiger partial charge in [0.1, 0.15) is 0 Å². The predicted molar refractivity (Wildman–Crippen MR) is 78.1 cm³/mol. The molecule has 2 aliphatic rings. The minimum Gasteiger partial charge on any atom is -0.397 e. The fourth-order valence-corrected chi connectivity index (χ4v) is 4.31. The van der Waals surface area contributed by atoms with E-state index in [1.54, 1.807) is 0 Å². The molecule has 0 saturated carbocycles. The van der Waals surface area contributed by atoms with Crippen molar-refractivity contribution >= 4 is 22.2 Å². The van der Waals surface area contributed by atoms with E-state index in [2.05, 4.69) is 4.90 Å². The van der Waals surface area contributed by atoms with Crippen LogP contribution in [-0.2, 0) is 22.0 Å². The third kappa shape index (κ3) is 2.15. The lowest BCUT2D eigenvalue weighted by Gasteiger charge is -2.30. The summed E-state index contributed by atoms with van der Waals surface area (Å²) in [6, 6.07) is 4.04. The quantitative estimate of drug-likeness (QED) is 0.793. The van der Waals surface area contributed by atoms with E-state index in [0.29, 0.717) is 0 Å². The first kappa shape index (κ1) is 12.9. The van der Waals surface area contributed by atoms with Gasteiger partial charge in [-0.05, 0) is 38.0 Å². The summed E-state index contributed by atoms with van der Waals surface area (Å²) < 4.78 is 17.7. The van der Waals surface area contributed by atoms with Gasteiger partial charge in [-0.15, -0.1) is 0 Å². The molecular weight excluding hydrogens is 260 g/mol. The molecule has 0 radical (unpaired) electrons. The maximum Gasteiger partial charge on any atom is 0.0642 e. The first-order chi connectivity index (χ1) is 8.99. The minimum absolute atomic E-state index is 0.182. The van der Waals surface area contributed by atoms with Gasteiger partial charge >= 0.3 is 0 Å². The molecule has 0 spiro atoms. The van der Waals surface area contributed by atoms with Crippen molar-refractivity contribution in [1.82, 2.24) is 0 Å². The Labute approximate surface area is 116 Å². The van der Waals surface area contributed by atoms with Crippen molar-refractivity contribution in [3.05, 3.63) is 17.7 Å². The minimum atomic E-state index is -0.945. The van der Waals surface area contributed by atoms with Crippen molar-refractivity contribution in [2.75, 3.05) is 36.9 Å². The van der Waals surface area contributed by atoms with Crippen molar-refractivity contribution in [3.8, 4) is 0 Å². The van der Waals surface area contributed by atoms with Crippen LogP contribution in [0.15, 0.2) is 17.0 Å². The Bertz CT molecular complexity index is 536. The molecule has 104 valence electrons. The second kappa shape index (κ2) is 4.49. The van der Waals surface area contributed by atoms with E-state index in [-0.39, 0.29) is 4.75 Å². The maximum absolute atomic E-state index is 12.5. The van der Waals surface area contributed by atoms with Crippen molar-refractivity contribution in [2.45, 2.75) is 29.9 Å². The Balaban J connectivity index is 2.01. The second-order valence-electron chi connectivity index (χ2n) is 5.82. The van der Waals surface area contributed by atoms with Crippen molar-refractivity contribution in [1.29, 1.82) is 0 Å². The Morgan fingerprint density at radius 1 is 1.32 bits per heavy atom. The molecule has 19 heavy (non-hydrogen) atoms. The lowest BCUT2D eigenvalue weighted by molar-refractivity contribution is 0.123. The molecule has 1 aromatic carbocycles. The molecule has 5 heteroatoms. The summed E-state index contributed by atoms with van der Waals surface area (Å²) in [5, 5.41) is 0. The van der Waals surface area contributed by atoms with Crippen LogP contribution in [0.4, 0.5) is 11.4 Å². The number of nitrogens with two attached hydrogens (primary N) is 1. The van der Waals surface area contributed by atoms with E-state index in [9.17, 15) is 4.21 Å². The number of hydrogen-bond acceptors (Lipinski definition) is 4. The highest BCUT2D eigenvalue weighted by Crippen LogP contribution is 2.40. The molecule has 3 rings (SSSR count). The molecular formula is C14H20N2O2S. The van der Waals surface area contributed by atoms with Gasteiger partial charge in [-0.2, -0.15) is 0 Å². The summed E-state index contributed by atoms with van der Waals surface area (Å²) in [7, 11) is -0.945. The summed E-state index contributed by atoms with van der Waals surface area (Å²) in [4.78, 5) is 3.18. The largest absolute Gasteiger partial charge is 0.397 e. The molecule has 2 heterocycles. The van der Waals surface area contributed by atoms with Gasteiger partial charge in [-0.25, -0.2) is 0 Å². The average molecular weight is 280 g/mol. The standard InChI is InChI=1S/C14H20N2O2S/c1-14(2)9-10-7-11(15)12(8-13(10)19(14)17)16-3-5-18-6-4-16/h7-8H,3-6,9,15H2,1-2H3. The molecule has 0 aliphatic carbocycles. The monoisotopic (exact) mass is 280 g/mol. The summed E-state index contributed by atoms with van der Waals surface area (Å²) in [6.07, 6.45) is 0.836. The van der Waals surface area contributed by atoms with Gasteiger partial charge < -0.3 is 15.4 Å². The molecule has 1 atom stereocenters. The first-order valence-electron chi connectivity index (χ1n) is 6.66. The van der Waals surface area contributed by atoms with E-state index in [1.165, 1.54) is 0 Å². The van der Waals surface area contributed by atoms with E-state index < -0.39 is 10.8 Å². The molecule has 2 aliphatic heterocycles. The van der Waals surface area contributed by atoms with Crippen LogP contribution in [0.1, 0.15) is 19.4 Å². The number of fused-ring (bicyclic) bond motifs is 1. The Kier molecular flexibility index (Phi) is 3.06. The highest BCUT2D eigenvalue weighted by Gasteiger charge is 2.37. The van der Waals surface area contributed by atoms with Crippen LogP contribution in [-0.4, -0.2) is 35.3 Å². The van der Waals surface area contributed by atoms with E-state index in [1.807, 2.05) is 26.0 Å². The summed E-state index contributed by atoms with van der Waals surface area (Å²) in [6.45, 7) is 7.25. The fraction of sp³-hybridized carbons (Fsp3) is 0.571. The molecule has 1 unspecified atom stereocenters. The highest BCUT2D eigenvalue weighted by molar-refractivity contribution is 7.86. The van der Waals surface area contributed by atoms with Gasteiger partial charge in [0, 0.05) is 22.7 Å². The zero-order valence-corrected chi connectivity index (χ0v) is 12.3. The molecule has 1 aromatic rings. The summed E-state index contributed by atoms with van der Waals surface area (Å²) in [5.74, 6) is 0. The second-order valence-corrected chi connectivity index (χ2v) is 7.91. The Morgan fingerprint density at radius 3 is 2.68 bits per heavy atom. The van der Waals surface area contributed by atoms with Crippen molar-refractivity contribution in [3.63, 3.8) is 0 Å². The van der Waals surface area contributed by atoms with Crippen LogP contribution in [0.3, 0.4) is 0 Å². The molecule has 0 bridgehead atoms.